The largest absolute Gasteiger partial charge is 0.193 e. The van der Waals surface area contributed by atoms with Crippen molar-refractivity contribution in [2.75, 3.05) is 0 Å². The third-order valence-electron chi connectivity index (χ3n) is 1.46. The van der Waals surface area contributed by atoms with Gasteiger partial charge in [0.05, 0.1) is 6.07 Å². The van der Waals surface area contributed by atoms with E-state index in [4.69, 9.17) is 5.26 Å². The molecule has 1 aromatic carbocycles. The van der Waals surface area contributed by atoms with Crippen LogP contribution in [0.4, 0.5) is 0 Å². The minimum atomic E-state index is 0.560. The summed E-state index contributed by atoms with van der Waals surface area (Å²) >= 11 is 0. The number of allylic oxidation sites excluding steroid dienone is 2. The van der Waals surface area contributed by atoms with Crippen LogP contribution in [0, 0.1) is 11.3 Å². The molecule has 0 aliphatic rings. The Hall–Kier alpha value is -1.81. The summed E-state index contributed by atoms with van der Waals surface area (Å²) in [6, 6.07) is 12.0. The van der Waals surface area contributed by atoms with Gasteiger partial charge in [0.1, 0.15) is 0 Å². The number of hydrogen-bond acceptors (Lipinski definition) is 1. The minimum absolute atomic E-state index is 0.560. The molecule has 1 rings (SSSR count). The van der Waals surface area contributed by atoms with Crippen molar-refractivity contribution in [3.63, 3.8) is 0 Å². The molecule has 0 aromatic heterocycles. The van der Waals surface area contributed by atoms with Crippen molar-refractivity contribution >= 4 is 5.57 Å². The minimum Gasteiger partial charge on any atom is -0.193 e. The second-order valence-electron chi connectivity index (χ2n) is 3.04. The topological polar surface area (TPSA) is 23.8 Å². The molecule has 0 radical (unpaired) electrons. The van der Waals surface area contributed by atoms with E-state index >= 15 is 0 Å². The molecule has 0 N–H and O–H groups in total. The summed E-state index contributed by atoms with van der Waals surface area (Å²) in [5.41, 5.74) is 2.90. The molecule has 0 heterocycles. The van der Waals surface area contributed by atoms with Gasteiger partial charge in [-0.2, -0.15) is 5.26 Å². The van der Waals surface area contributed by atoms with Crippen LogP contribution < -0.4 is 0 Å². The van der Waals surface area contributed by atoms with Gasteiger partial charge >= 0.3 is 0 Å². The molecule has 0 unspecified atom stereocenters. The van der Waals surface area contributed by atoms with E-state index in [1.165, 1.54) is 5.56 Å². The summed E-state index contributed by atoms with van der Waals surface area (Å²) in [5.74, 6) is 0. The summed E-state index contributed by atoms with van der Waals surface area (Å²) in [6.45, 7) is 10.8. The molecular weight excluding hydrogens is 170 g/mol. The first-order valence-electron chi connectivity index (χ1n) is 4.34. The zero-order valence-corrected chi connectivity index (χ0v) is 8.75. The van der Waals surface area contributed by atoms with Crippen molar-refractivity contribution in [2.45, 2.75) is 13.8 Å². The van der Waals surface area contributed by atoms with E-state index in [-0.39, 0.29) is 0 Å². The molecule has 1 heteroatoms. The lowest BCUT2D eigenvalue weighted by Gasteiger charge is -1.94. The summed E-state index contributed by atoms with van der Waals surface area (Å²) in [7, 11) is 0. The SMILES string of the molecule is C=C(C)C#N.C=C(C)c1ccccc1. The molecule has 1 nitrogen and oxygen atoms in total. The van der Waals surface area contributed by atoms with Gasteiger partial charge in [0, 0.05) is 5.57 Å². The highest BCUT2D eigenvalue weighted by Crippen LogP contribution is 2.08. The molecule has 0 saturated carbocycles. The van der Waals surface area contributed by atoms with E-state index in [0.29, 0.717) is 5.57 Å². The fourth-order valence-corrected chi connectivity index (χ4v) is 0.723. The van der Waals surface area contributed by atoms with E-state index in [0.717, 1.165) is 5.57 Å². The quantitative estimate of drug-likeness (QED) is 0.610. The molecule has 0 amide bonds. The third-order valence-corrected chi connectivity index (χ3v) is 1.46. The normalized spacial score (nSPS) is 7.79. The predicted molar refractivity (Wildman–Crippen MR) is 61.6 cm³/mol. The fourth-order valence-electron chi connectivity index (χ4n) is 0.723. The predicted octanol–water partition coefficient (Wildman–Crippen LogP) is 3.81. The maximum atomic E-state index is 7.79. The maximum absolute atomic E-state index is 7.79. The zero-order chi connectivity index (χ0) is 11.0. The average Bonchev–Trinajstić information content (AvgIpc) is 2.20. The van der Waals surface area contributed by atoms with E-state index in [9.17, 15) is 0 Å². The smallest absolute Gasteiger partial charge is 0.0937 e. The summed E-state index contributed by atoms with van der Waals surface area (Å²) in [5, 5.41) is 7.79. The molecule has 0 fully saturated rings. The number of nitrogens with zero attached hydrogens (tertiary/aromatic N) is 1. The Morgan fingerprint density at radius 3 is 1.79 bits per heavy atom. The molecule has 0 saturated heterocycles. The second-order valence-corrected chi connectivity index (χ2v) is 3.04. The van der Waals surface area contributed by atoms with Gasteiger partial charge in [0.15, 0.2) is 0 Å². The van der Waals surface area contributed by atoms with Gasteiger partial charge in [-0.15, -0.1) is 0 Å². The van der Waals surface area contributed by atoms with E-state index in [1.807, 2.05) is 31.2 Å². The van der Waals surface area contributed by atoms with Crippen molar-refractivity contribution in [2.24, 2.45) is 0 Å². The first-order valence-corrected chi connectivity index (χ1v) is 4.34. The monoisotopic (exact) mass is 185 g/mol. The molecular formula is C13H15N. The van der Waals surface area contributed by atoms with Crippen LogP contribution in [0.25, 0.3) is 5.57 Å². The summed E-state index contributed by atoms with van der Waals surface area (Å²) in [6.07, 6.45) is 0. The lowest BCUT2D eigenvalue weighted by atomic mass is 10.1. The molecule has 0 aliphatic carbocycles. The number of benzene rings is 1. The van der Waals surface area contributed by atoms with Gasteiger partial charge in [-0.1, -0.05) is 49.1 Å². The van der Waals surface area contributed by atoms with Crippen LogP contribution in [0.15, 0.2) is 49.1 Å². The second kappa shape index (κ2) is 6.68. The van der Waals surface area contributed by atoms with Crippen LogP contribution in [0.2, 0.25) is 0 Å². The molecule has 0 atom stereocenters. The van der Waals surface area contributed by atoms with Gasteiger partial charge in [0.25, 0.3) is 0 Å². The van der Waals surface area contributed by atoms with Crippen LogP contribution in [0.3, 0.4) is 0 Å². The fraction of sp³-hybridized carbons (Fsp3) is 0.154. The van der Waals surface area contributed by atoms with Crippen LogP contribution in [0.5, 0.6) is 0 Å². The van der Waals surface area contributed by atoms with Gasteiger partial charge in [0.2, 0.25) is 0 Å². The van der Waals surface area contributed by atoms with Crippen molar-refractivity contribution < 1.29 is 0 Å². The average molecular weight is 185 g/mol. The summed E-state index contributed by atoms with van der Waals surface area (Å²) in [4.78, 5) is 0. The van der Waals surface area contributed by atoms with Gasteiger partial charge in [-0.05, 0) is 19.4 Å². The lowest BCUT2D eigenvalue weighted by molar-refractivity contribution is 1.46. The van der Waals surface area contributed by atoms with Gasteiger partial charge in [-0.3, -0.25) is 0 Å². The number of rotatable bonds is 1. The van der Waals surface area contributed by atoms with Crippen molar-refractivity contribution in [3.05, 3.63) is 54.6 Å². The van der Waals surface area contributed by atoms with E-state index in [2.05, 4.69) is 25.3 Å². The Morgan fingerprint density at radius 1 is 1.14 bits per heavy atom. The molecule has 14 heavy (non-hydrogen) atoms. The van der Waals surface area contributed by atoms with Crippen LogP contribution in [0.1, 0.15) is 19.4 Å². The van der Waals surface area contributed by atoms with Crippen LogP contribution >= 0.6 is 0 Å². The van der Waals surface area contributed by atoms with Crippen LogP contribution in [-0.4, -0.2) is 0 Å². The molecule has 0 aliphatic heterocycles. The van der Waals surface area contributed by atoms with Crippen molar-refractivity contribution in [3.8, 4) is 6.07 Å². The zero-order valence-electron chi connectivity index (χ0n) is 8.75. The highest BCUT2D eigenvalue weighted by molar-refractivity contribution is 5.60. The standard InChI is InChI=1S/C9H10.C4H5N/c1-8(2)9-6-4-3-5-7-9;1-4(2)3-5/h3-7H,1H2,2H3;1H2,2H3. The number of nitriles is 1. The maximum Gasteiger partial charge on any atom is 0.0937 e. The summed E-state index contributed by atoms with van der Waals surface area (Å²) < 4.78 is 0. The molecule has 0 bridgehead atoms. The van der Waals surface area contributed by atoms with Crippen LogP contribution in [-0.2, 0) is 0 Å². The third kappa shape index (κ3) is 5.79. The highest BCUT2D eigenvalue weighted by atomic mass is 14.2. The number of hydrogen-bond donors (Lipinski definition) is 0. The highest BCUT2D eigenvalue weighted by Gasteiger charge is 1.86. The molecule has 72 valence electrons. The molecule has 0 spiro atoms. The first-order chi connectivity index (χ1) is 6.57. The Balaban J connectivity index is 0.000000292. The Labute approximate surface area is 86.0 Å². The van der Waals surface area contributed by atoms with Crippen molar-refractivity contribution in [1.82, 2.24) is 0 Å². The molecule has 1 aromatic rings. The van der Waals surface area contributed by atoms with Gasteiger partial charge < -0.3 is 0 Å². The van der Waals surface area contributed by atoms with Gasteiger partial charge in [-0.25, -0.2) is 0 Å². The van der Waals surface area contributed by atoms with E-state index in [1.54, 1.807) is 6.92 Å². The van der Waals surface area contributed by atoms with E-state index < -0.39 is 0 Å². The first kappa shape index (κ1) is 12.2. The Bertz CT molecular complexity index is 341. The van der Waals surface area contributed by atoms with Crippen molar-refractivity contribution in [1.29, 1.82) is 5.26 Å². The Kier molecular flexibility index (Phi) is 5.82. The lowest BCUT2D eigenvalue weighted by Crippen LogP contribution is -1.72. The Morgan fingerprint density at radius 2 is 1.57 bits per heavy atom.